The van der Waals surface area contributed by atoms with Crippen LogP contribution in [0.5, 0.6) is 0 Å². The van der Waals surface area contributed by atoms with E-state index in [-0.39, 0.29) is 5.91 Å². The molecular formula is C10H16N2O2. The summed E-state index contributed by atoms with van der Waals surface area (Å²) in [7, 11) is 1.89. The third kappa shape index (κ3) is 3.22. The smallest absolute Gasteiger partial charge is 0.286 e. The van der Waals surface area contributed by atoms with E-state index in [9.17, 15) is 4.79 Å². The molecule has 0 radical (unpaired) electrons. The highest BCUT2D eigenvalue weighted by atomic mass is 16.3. The summed E-state index contributed by atoms with van der Waals surface area (Å²) in [5.74, 6) is 0.624. The van der Waals surface area contributed by atoms with Crippen LogP contribution in [0.3, 0.4) is 0 Å². The lowest BCUT2D eigenvalue weighted by molar-refractivity contribution is 0.0920. The first-order valence-electron chi connectivity index (χ1n) is 4.70. The molecule has 0 saturated heterocycles. The van der Waals surface area contributed by atoms with Crippen LogP contribution >= 0.6 is 0 Å². The fourth-order valence-electron chi connectivity index (χ4n) is 1.18. The van der Waals surface area contributed by atoms with Gasteiger partial charge < -0.3 is 15.1 Å². The Morgan fingerprint density at radius 1 is 1.57 bits per heavy atom. The van der Waals surface area contributed by atoms with Crippen molar-refractivity contribution in [2.24, 2.45) is 5.92 Å². The second-order valence-corrected chi connectivity index (χ2v) is 3.35. The van der Waals surface area contributed by atoms with Gasteiger partial charge in [-0.05, 0) is 31.6 Å². The van der Waals surface area contributed by atoms with E-state index < -0.39 is 0 Å². The Morgan fingerprint density at radius 2 is 2.36 bits per heavy atom. The largest absolute Gasteiger partial charge is 0.459 e. The van der Waals surface area contributed by atoms with E-state index in [0.717, 1.165) is 6.54 Å². The predicted molar refractivity (Wildman–Crippen MR) is 54.1 cm³/mol. The quantitative estimate of drug-likeness (QED) is 0.734. The van der Waals surface area contributed by atoms with E-state index in [2.05, 4.69) is 17.6 Å². The second kappa shape index (κ2) is 5.44. The van der Waals surface area contributed by atoms with Crippen LogP contribution in [-0.4, -0.2) is 26.0 Å². The maximum Gasteiger partial charge on any atom is 0.286 e. The average molecular weight is 196 g/mol. The molecule has 0 bridgehead atoms. The summed E-state index contributed by atoms with van der Waals surface area (Å²) >= 11 is 0. The molecule has 1 rings (SSSR count). The van der Waals surface area contributed by atoms with Crippen molar-refractivity contribution in [1.29, 1.82) is 0 Å². The fourth-order valence-corrected chi connectivity index (χ4v) is 1.18. The number of amides is 1. The van der Waals surface area contributed by atoms with Gasteiger partial charge in [-0.25, -0.2) is 0 Å². The molecule has 1 amide bonds. The molecular weight excluding hydrogens is 180 g/mol. The van der Waals surface area contributed by atoms with Crippen LogP contribution in [0.2, 0.25) is 0 Å². The molecule has 0 spiro atoms. The van der Waals surface area contributed by atoms with Gasteiger partial charge in [0, 0.05) is 6.54 Å². The van der Waals surface area contributed by atoms with Crippen molar-refractivity contribution in [2.45, 2.75) is 6.92 Å². The Labute approximate surface area is 83.7 Å². The van der Waals surface area contributed by atoms with Gasteiger partial charge in [0.05, 0.1) is 6.26 Å². The number of carbonyl (C=O) groups excluding carboxylic acids is 1. The van der Waals surface area contributed by atoms with E-state index in [1.807, 2.05) is 7.05 Å². The minimum absolute atomic E-state index is 0.155. The molecule has 0 aliphatic rings. The number of hydrogen-bond acceptors (Lipinski definition) is 3. The zero-order valence-electron chi connectivity index (χ0n) is 8.54. The van der Waals surface area contributed by atoms with Gasteiger partial charge in [-0.2, -0.15) is 0 Å². The highest BCUT2D eigenvalue weighted by molar-refractivity contribution is 5.91. The molecule has 4 nitrogen and oxygen atoms in total. The number of carbonyl (C=O) groups is 1. The minimum atomic E-state index is -0.155. The van der Waals surface area contributed by atoms with Crippen LogP contribution in [0.15, 0.2) is 22.8 Å². The summed E-state index contributed by atoms with van der Waals surface area (Å²) < 4.78 is 4.96. The van der Waals surface area contributed by atoms with Crippen LogP contribution in [-0.2, 0) is 0 Å². The van der Waals surface area contributed by atoms with E-state index in [4.69, 9.17) is 4.42 Å². The lowest BCUT2D eigenvalue weighted by Gasteiger charge is -2.10. The number of rotatable bonds is 5. The van der Waals surface area contributed by atoms with Crippen molar-refractivity contribution < 1.29 is 9.21 Å². The molecule has 0 aliphatic heterocycles. The SMILES string of the molecule is CNCC(C)CNC(=O)c1ccco1. The van der Waals surface area contributed by atoms with Crippen LogP contribution in [0.4, 0.5) is 0 Å². The van der Waals surface area contributed by atoms with Gasteiger partial charge in [0.2, 0.25) is 0 Å². The minimum Gasteiger partial charge on any atom is -0.459 e. The molecule has 78 valence electrons. The molecule has 2 N–H and O–H groups in total. The summed E-state index contributed by atoms with van der Waals surface area (Å²) in [6, 6.07) is 3.35. The van der Waals surface area contributed by atoms with Crippen molar-refractivity contribution in [3.05, 3.63) is 24.2 Å². The average Bonchev–Trinajstić information content (AvgIpc) is 2.67. The van der Waals surface area contributed by atoms with Gasteiger partial charge in [-0.1, -0.05) is 6.92 Å². The second-order valence-electron chi connectivity index (χ2n) is 3.35. The predicted octanol–water partition coefficient (Wildman–Crippen LogP) is 0.865. The van der Waals surface area contributed by atoms with Crippen LogP contribution < -0.4 is 10.6 Å². The Hall–Kier alpha value is -1.29. The van der Waals surface area contributed by atoms with E-state index >= 15 is 0 Å². The third-order valence-electron chi connectivity index (χ3n) is 1.91. The number of hydrogen-bond donors (Lipinski definition) is 2. The van der Waals surface area contributed by atoms with E-state index in [1.165, 1.54) is 6.26 Å². The van der Waals surface area contributed by atoms with Crippen LogP contribution in [0, 0.1) is 5.92 Å². The lowest BCUT2D eigenvalue weighted by atomic mass is 10.2. The van der Waals surface area contributed by atoms with Crippen molar-refractivity contribution in [2.75, 3.05) is 20.1 Å². The van der Waals surface area contributed by atoms with Gasteiger partial charge in [0.1, 0.15) is 0 Å². The summed E-state index contributed by atoms with van der Waals surface area (Å²) in [4.78, 5) is 11.4. The maximum absolute atomic E-state index is 11.4. The van der Waals surface area contributed by atoms with Gasteiger partial charge in [0.25, 0.3) is 5.91 Å². The summed E-state index contributed by atoms with van der Waals surface area (Å²) in [6.45, 7) is 3.61. The van der Waals surface area contributed by atoms with Crippen molar-refractivity contribution in [3.8, 4) is 0 Å². The first kappa shape index (κ1) is 10.8. The number of nitrogens with one attached hydrogen (secondary N) is 2. The van der Waals surface area contributed by atoms with Crippen molar-refractivity contribution in [1.82, 2.24) is 10.6 Å². The molecule has 4 heteroatoms. The number of furan rings is 1. The molecule has 0 saturated carbocycles. The Kier molecular flexibility index (Phi) is 4.19. The molecule has 1 heterocycles. The van der Waals surface area contributed by atoms with Crippen LogP contribution in [0.25, 0.3) is 0 Å². The third-order valence-corrected chi connectivity index (χ3v) is 1.91. The molecule has 1 aromatic rings. The first-order valence-corrected chi connectivity index (χ1v) is 4.70. The van der Waals surface area contributed by atoms with Gasteiger partial charge >= 0.3 is 0 Å². The molecule has 0 aromatic carbocycles. The van der Waals surface area contributed by atoms with E-state index in [1.54, 1.807) is 12.1 Å². The van der Waals surface area contributed by atoms with Gasteiger partial charge in [-0.15, -0.1) is 0 Å². The zero-order chi connectivity index (χ0) is 10.4. The summed E-state index contributed by atoms with van der Waals surface area (Å²) in [5.41, 5.74) is 0. The van der Waals surface area contributed by atoms with Crippen molar-refractivity contribution in [3.63, 3.8) is 0 Å². The Bertz CT molecular complexity index is 270. The lowest BCUT2D eigenvalue weighted by Crippen LogP contribution is -2.31. The summed E-state index contributed by atoms with van der Waals surface area (Å²) in [6.07, 6.45) is 1.49. The monoisotopic (exact) mass is 196 g/mol. The Balaban J connectivity index is 2.28. The Morgan fingerprint density at radius 3 is 2.93 bits per heavy atom. The molecule has 0 aliphatic carbocycles. The topological polar surface area (TPSA) is 54.3 Å². The molecule has 1 aromatic heterocycles. The first-order chi connectivity index (χ1) is 6.74. The van der Waals surface area contributed by atoms with Gasteiger partial charge in [0.15, 0.2) is 5.76 Å². The molecule has 14 heavy (non-hydrogen) atoms. The molecule has 1 unspecified atom stereocenters. The standard InChI is InChI=1S/C10H16N2O2/c1-8(6-11-2)7-12-10(13)9-4-3-5-14-9/h3-5,8,11H,6-7H2,1-2H3,(H,12,13). The molecule has 0 fully saturated rings. The highest BCUT2D eigenvalue weighted by Gasteiger charge is 2.08. The maximum atomic E-state index is 11.4. The van der Waals surface area contributed by atoms with Gasteiger partial charge in [-0.3, -0.25) is 4.79 Å². The van der Waals surface area contributed by atoms with E-state index in [0.29, 0.717) is 18.2 Å². The highest BCUT2D eigenvalue weighted by Crippen LogP contribution is 1.99. The fraction of sp³-hybridized carbons (Fsp3) is 0.500. The normalized spacial score (nSPS) is 12.4. The zero-order valence-corrected chi connectivity index (χ0v) is 8.54. The van der Waals surface area contributed by atoms with Crippen LogP contribution in [0.1, 0.15) is 17.5 Å². The summed E-state index contributed by atoms with van der Waals surface area (Å²) in [5, 5.41) is 5.85. The van der Waals surface area contributed by atoms with Crippen molar-refractivity contribution >= 4 is 5.91 Å². The molecule has 1 atom stereocenters.